The molecule has 0 amide bonds. The molecule has 0 radical (unpaired) electrons. The first-order chi connectivity index (χ1) is 7.99. The summed E-state index contributed by atoms with van der Waals surface area (Å²) in [4.78, 5) is 11.9. The van der Waals surface area contributed by atoms with Crippen molar-refractivity contribution >= 4 is 45.1 Å². The average Bonchev–Trinajstić information content (AvgIpc) is 2.60. The molecular formula is C9H4BrCl2N3O2. The minimum Gasteiger partial charge on any atom is -0.476 e. The number of aromatic carboxylic acids is 1. The van der Waals surface area contributed by atoms with Gasteiger partial charge in [0.05, 0.1) is 5.02 Å². The number of hydrogen-bond acceptors (Lipinski definition) is 3. The monoisotopic (exact) mass is 335 g/mol. The number of carboxylic acids is 1. The smallest absolute Gasteiger partial charge is 0.359 e. The van der Waals surface area contributed by atoms with E-state index in [9.17, 15) is 4.79 Å². The quantitative estimate of drug-likeness (QED) is 0.915. The molecule has 0 aliphatic carbocycles. The number of rotatable bonds is 2. The number of benzene rings is 1. The lowest BCUT2D eigenvalue weighted by atomic mass is 10.3. The molecule has 0 saturated heterocycles. The van der Waals surface area contributed by atoms with Gasteiger partial charge in [0.2, 0.25) is 5.69 Å². The molecule has 0 saturated carbocycles. The Balaban J connectivity index is 2.53. The molecule has 88 valence electrons. The van der Waals surface area contributed by atoms with Gasteiger partial charge in [-0.25, -0.2) is 4.79 Å². The summed E-state index contributed by atoms with van der Waals surface area (Å²) in [5.74, 6) is -1.17. The molecule has 0 bridgehead atoms. The molecule has 1 N–H and O–H groups in total. The van der Waals surface area contributed by atoms with Crippen LogP contribution >= 0.6 is 39.1 Å². The van der Waals surface area contributed by atoms with Crippen LogP contribution in [0.4, 0.5) is 0 Å². The minimum atomic E-state index is -1.17. The van der Waals surface area contributed by atoms with Gasteiger partial charge in [0.1, 0.15) is 5.69 Å². The van der Waals surface area contributed by atoms with Crippen LogP contribution in [0.25, 0.3) is 5.69 Å². The Morgan fingerprint density at radius 1 is 1.35 bits per heavy atom. The predicted molar refractivity (Wildman–Crippen MR) is 66.0 cm³/mol. The third-order valence-corrected chi connectivity index (χ3v) is 2.97. The summed E-state index contributed by atoms with van der Waals surface area (Å²) in [7, 11) is 0. The van der Waals surface area contributed by atoms with E-state index < -0.39 is 5.97 Å². The van der Waals surface area contributed by atoms with Crippen molar-refractivity contribution in [2.24, 2.45) is 0 Å². The molecule has 0 unspecified atom stereocenters. The van der Waals surface area contributed by atoms with Crippen molar-refractivity contribution in [1.82, 2.24) is 15.0 Å². The Bertz CT molecular complexity index is 600. The van der Waals surface area contributed by atoms with Crippen LogP contribution in [0, 0.1) is 0 Å². The number of halogens is 3. The van der Waals surface area contributed by atoms with E-state index in [4.69, 9.17) is 28.3 Å². The fourth-order valence-electron chi connectivity index (χ4n) is 1.17. The van der Waals surface area contributed by atoms with Crippen LogP contribution in [0.2, 0.25) is 10.0 Å². The van der Waals surface area contributed by atoms with Crippen molar-refractivity contribution in [3.63, 3.8) is 0 Å². The first-order valence-electron chi connectivity index (χ1n) is 4.30. The lowest BCUT2D eigenvalue weighted by Crippen LogP contribution is -2.02. The first kappa shape index (κ1) is 12.3. The molecular weight excluding hydrogens is 333 g/mol. The van der Waals surface area contributed by atoms with Crippen molar-refractivity contribution in [2.75, 3.05) is 0 Å². The zero-order chi connectivity index (χ0) is 12.6. The van der Waals surface area contributed by atoms with E-state index in [0.29, 0.717) is 15.7 Å². The van der Waals surface area contributed by atoms with Crippen molar-refractivity contribution in [3.05, 3.63) is 38.5 Å². The molecule has 8 heteroatoms. The van der Waals surface area contributed by atoms with Crippen LogP contribution in [-0.4, -0.2) is 26.1 Å². The van der Waals surface area contributed by atoms with Crippen molar-refractivity contribution in [3.8, 4) is 5.69 Å². The summed E-state index contributed by atoms with van der Waals surface area (Å²) >= 11 is 14.7. The zero-order valence-corrected chi connectivity index (χ0v) is 11.2. The standard InChI is InChI=1S/C9H4BrCl2N3O2/c10-8-7(9(16)17)13-15(14-8)6-2-1-4(11)3-5(6)12/h1-3H,(H,16,17). The summed E-state index contributed by atoms with van der Waals surface area (Å²) < 4.78 is 0.135. The van der Waals surface area contributed by atoms with Gasteiger partial charge in [-0.3, -0.25) is 0 Å². The van der Waals surface area contributed by atoms with E-state index in [-0.39, 0.29) is 10.3 Å². The molecule has 0 aliphatic rings. The Labute approximate surface area is 114 Å². The van der Waals surface area contributed by atoms with E-state index in [0.717, 1.165) is 4.80 Å². The number of carboxylic acid groups (broad SMARTS) is 1. The van der Waals surface area contributed by atoms with Crippen LogP contribution in [0.1, 0.15) is 10.5 Å². The summed E-state index contributed by atoms with van der Waals surface area (Å²) in [5, 5.41) is 17.4. The molecule has 1 aromatic carbocycles. The highest BCUT2D eigenvalue weighted by Crippen LogP contribution is 2.24. The topological polar surface area (TPSA) is 68.0 Å². The van der Waals surface area contributed by atoms with Gasteiger partial charge in [0.15, 0.2) is 4.60 Å². The van der Waals surface area contributed by atoms with Crippen LogP contribution in [0.5, 0.6) is 0 Å². The second-order valence-electron chi connectivity index (χ2n) is 3.03. The fourth-order valence-corrected chi connectivity index (χ4v) is 2.05. The van der Waals surface area contributed by atoms with Gasteiger partial charge in [-0.05, 0) is 34.1 Å². The molecule has 0 aliphatic heterocycles. The van der Waals surface area contributed by atoms with Gasteiger partial charge < -0.3 is 5.11 Å². The van der Waals surface area contributed by atoms with Gasteiger partial charge in [0, 0.05) is 5.02 Å². The van der Waals surface area contributed by atoms with Crippen molar-refractivity contribution in [2.45, 2.75) is 0 Å². The maximum Gasteiger partial charge on any atom is 0.359 e. The highest BCUT2D eigenvalue weighted by molar-refractivity contribution is 9.10. The molecule has 0 fully saturated rings. The Hall–Kier alpha value is -1.11. The van der Waals surface area contributed by atoms with E-state index in [1.54, 1.807) is 12.1 Å². The summed E-state index contributed by atoms with van der Waals surface area (Å²) in [5.41, 5.74) is 0.264. The minimum absolute atomic E-state index is 0.135. The Morgan fingerprint density at radius 3 is 2.59 bits per heavy atom. The number of hydrogen-bond donors (Lipinski definition) is 1. The lowest BCUT2D eigenvalue weighted by Gasteiger charge is -2.02. The van der Waals surface area contributed by atoms with E-state index in [1.807, 2.05) is 0 Å². The third-order valence-electron chi connectivity index (χ3n) is 1.90. The van der Waals surface area contributed by atoms with Gasteiger partial charge in [-0.1, -0.05) is 23.2 Å². The van der Waals surface area contributed by atoms with Crippen molar-refractivity contribution in [1.29, 1.82) is 0 Å². The summed E-state index contributed by atoms with van der Waals surface area (Å²) in [6.45, 7) is 0. The molecule has 2 rings (SSSR count). The van der Waals surface area contributed by atoms with Crippen LogP contribution in [0.15, 0.2) is 22.8 Å². The van der Waals surface area contributed by atoms with Gasteiger partial charge in [0.25, 0.3) is 0 Å². The summed E-state index contributed by atoms with van der Waals surface area (Å²) in [6, 6.07) is 4.74. The van der Waals surface area contributed by atoms with E-state index in [1.165, 1.54) is 6.07 Å². The van der Waals surface area contributed by atoms with Crippen molar-refractivity contribution < 1.29 is 9.90 Å². The Kier molecular flexibility index (Phi) is 3.37. The molecule has 2 aromatic rings. The number of aromatic nitrogens is 3. The predicted octanol–water partition coefficient (Wildman–Crippen LogP) is 3.03. The molecule has 1 heterocycles. The highest BCUT2D eigenvalue weighted by Gasteiger charge is 2.17. The highest BCUT2D eigenvalue weighted by atomic mass is 79.9. The normalized spacial score (nSPS) is 10.5. The largest absolute Gasteiger partial charge is 0.476 e. The molecule has 0 spiro atoms. The molecule has 5 nitrogen and oxygen atoms in total. The molecule has 0 atom stereocenters. The average molecular weight is 337 g/mol. The fraction of sp³-hybridized carbons (Fsp3) is 0. The van der Waals surface area contributed by atoms with E-state index >= 15 is 0 Å². The lowest BCUT2D eigenvalue weighted by molar-refractivity contribution is 0.0689. The zero-order valence-electron chi connectivity index (χ0n) is 8.06. The molecule has 17 heavy (non-hydrogen) atoms. The van der Waals surface area contributed by atoms with Crippen LogP contribution in [-0.2, 0) is 0 Å². The maximum absolute atomic E-state index is 10.8. The van der Waals surface area contributed by atoms with Gasteiger partial charge in [-0.2, -0.15) is 0 Å². The van der Waals surface area contributed by atoms with Crippen LogP contribution < -0.4 is 0 Å². The maximum atomic E-state index is 10.8. The third kappa shape index (κ3) is 2.43. The van der Waals surface area contributed by atoms with Gasteiger partial charge >= 0.3 is 5.97 Å². The first-order valence-corrected chi connectivity index (χ1v) is 5.85. The second kappa shape index (κ2) is 4.64. The molecule has 1 aromatic heterocycles. The SMILES string of the molecule is O=C(O)c1nn(-c2ccc(Cl)cc2Cl)nc1Br. The van der Waals surface area contributed by atoms with Gasteiger partial charge in [-0.15, -0.1) is 15.0 Å². The van der Waals surface area contributed by atoms with E-state index in [2.05, 4.69) is 26.1 Å². The number of carbonyl (C=O) groups is 1. The second-order valence-corrected chi connectivity index (χ2v) is 4.62. The summed E-state index contributed by atoms with van der Waals surface area (Å²) in [6.07, 6.45) is 0. The number of nitrogens with zero attached hydrogens (tertiary/aromatic N) is 3. The Morgan fingerprint density at radius 2 is 2.06 bits per heavy atom. The van der Waals surface area contributed by atoms with Crippen LogP contribution in [0.3, 0.4) is 0 Å².